The van der Waals surface area contributed by atoms with Gasteiger partial charge in [0.25, 0.3) is 0 Å². The molecule has 0 bridgehead atoms. The molecule has 0 unspecified atom stereocenters. The minimum atomic E-state index is -1.16. The molecule has 0 spiro atoms. The van der Waals surface area contributed by atoms with Crippen LogP contribution in [0, 0.1) is 6.92 Å². The van der Waals surface area contributed by atoms with Gasteiger partial charge in [0.15, 0.2) is 11.5 Å². The van der Waals surface area contributed by atoms with E-state index in [1.165, 1.54) is 7.11 Å². The topological polar surface area (TPSA) is 49.7 Å². The standard InChI is InChI=1S/C11H15ClO3/c1-6-8(12)5-7(11(2,3)14)9(13)10(6)15-4/h5,13-14H,1-4H3. The Labute approximate surface area is 94.3 Å². The number of aliphatic hydroxyl groups is 1. The molecule has 4 heteroatoms. The maximum atomic E-state index is 9.89. The van der Waals surface area contributed by atoms with Crippen molar-refractivity contribution >= 4 is 11.6 Å². The molecular weight excluding hydrogens is 216 g/mol. The van der Waals surface area contributed by atoms with Gasteiger partial charge in [-0.25, -0.2) is 0 Å². The van der Waals surface area contributed by atoms with E-state index in [2.05, 4.69) is 0 Å². The molecule has 0 fully saturated rings. The van der Waals surface area contributed by atoms with Gasteiger partial charge >= 0.3 is 0 Å². The molecule has 0 saturated heterocycles. The summed E-state index contributed by atoms with van der Waals surface area (Å²) in [5.41, 5.74) is -0.144. The van der Waals surface area contributed by atoms with Crippen molar-refractivity contribution in [2.24, 2.45) is 0 Å². The highest BCUT2D eigenvalue weighted by Gasteiger charge is 2.25. The minimum Gasteiger partial charge on any atom is -0.504 e. The van der Waals surface area contributed by atoms with Crippen molar-refractivity contribution < 1.29 is 14.9 Å². The van der Waals surface area contributed by atoms with E-state index in [-0.39, 0.29) is 5.75 Å². The second-order valence-electron chi connectivity index (χ2n) is 3.97. The number of hydrogen-bond donors (Lipinski definition) is 2. The zero-order chi connectivity index (χ0) is 11.8. The van der Waals surface area contributed by atoms with E-state index in [1.807, 2.05) is 0 Å². The second kappa shape index (κ2) is 3.91. The fraction of sp³-hybridized carbons (Fsp3) is 0.455. The molecule has 0 aromatic heterocycles. The van der Waals surface area contributed by atoms with Crippen LogP contribution in [0.2, 0.25) is 5.02 Å². The molecule has 0 radical (unpaired) electrons. The molecular formula is C11H15ClO3. The summed E-state index contributed by atoms with van der Waals surface area (Å²) >= 11 is 5.97. The third-order valence-electron chi connectivity index (χ3n) is 2.30. The molecule has 0 heterocycles. The summed E-state index contributed by atoms with van der Waals surface area (Å²) in [7, 11) is 1.45. The van der Waals surface area contributed by atoms with Crippen LogP contribution in [0.4, 0.5) is 0 Å². The predicted octanol–water partition coefficient (Wildman–Crippen LogP) is 2.59. The van der Waals surface area contributed by atoms with Crippen LogP contribution < -0.4 is 4.74 Å². The van der Waals surface area contributed by atoms with Crippen LogP contribution in [0.3, 0.4) is 0 Å². The molecule has 2 N–H and O–H groups in total. The van der Waals surface area contributed by atoms with Gasteiger partial charge in [-0.3, -0.25) is 0 Å². The molecule has 0 aliphatic carbocycles. The Morgan fingerprint density at radius 2 is 1.93 bits per heavy atom. The summed E-state index contributed by atoms with van der Waals surface area (Å²) in [4.78, 5) is 0. The van der Waals surface area contributed by atoms with Gasteiger partial charge in [0.2, 0.25) is 0 Å². The van der Waals surface area contributed by atoms with E-state index in [1.54, 1.807) is 26.8 Å². The van der Waals surface area contributed by atoms with Crippen LogP contribution in [0.25, 0.3) is 0 Å². The summed E-state index contributed by atoms with van der Waals surface area (Å²) in [5, 5.41) is 20.2. The largest absolute Gasteiger partial charge is 0.504 e. The third kappa shape index (κ3) is 2.19. The monoisotopic (exact) mass is 230 g/mol. The predicted molar refractivity (Wildman–Crippen MR) is 59.7 cm³/mol. The quantitative estimate of drug-likeness (QED) is 0.821. The van der Waals surface area contributed by atoms with Crippen molar-refractivity contribution in [2.45, 2.75) is 26.4 Å². The van der Waals surface area contributed by atoms with Crippen molar-refractivity contribution in [3.63, 3.8) is 0 Å². The lowest BCUT2D eigenvalue weighted by molar-refractivity contribution is 0.0753. The maximum Gasteiger partial charge on any atom is 0.165 e. The Hall–Kier alpha value is -0.930. The first-order chi connectivity index (χ1) is 6.79. The molecule has 84 valence electrons. The van der Waals surface area contributed by atoms with Crippen molar-refractivity contribution in [1.82, 2.24) is 0 Å². The summed E-state index contributed by atoms with van der Waals surface area (Å²) in [6.45, 7) is 4.90. The SMILES string of the molecule is COc1c(C)c(Cl)cc(C(C)(C)O)c1O. The maximum absolute atomic E-state index is 9.89. The van der Waals surface area contributed by atoms with Crippen LogP contribution in [0.1, 0.15) is 25.0 Å². The van der Waals surface area contributed by atoms with E-state index >= 15 is 0 Å². The zero-order valence-corrected chi connectivity index (χ0v) is 10.0. The van der Waals surface area contributed by atoms with Gasteiger partial charge < -0.3 is 14.9 Å². The number of rotatable bonds is 2. The first-order valence-electron chi connectivity index (χ1n) is 4.58. The molecule has 0 amide bonds. The Morgan fingerprint density at radius 3 is 2.33 bits per heavy atom. The van der Waals surface area contributed by atoms with Crippen LogP contribution in [-0.4, -0.2) is 17.3 Å². The molecule has 3 nitrogen and oxygen atoms in total. The van der Waals surface area contributed by atoms with E-state index in [0.717, 1.165) is 0 Å². The lowest BCUT2D eigenvalue weighted by Crippen LogP contribution is -2.16. The van der Waals surface area contributed by atoms with Crippen molar-refractivity contribution in [2.75, 3.05) is 7.11 Å². The number of aromatic hydroxyl groups is 1. The molecule has 0 saturated carbocycles. The molecule has 0 aliphatic rings. The van der Waals surface area contributed by atoms with Gasteiger partial charge in [0.1, 0.15) is 0 Å². The summed E-state index contributed by atoms with van der Waals surface area (Å²) in [6, 6.07) is 1.55. The normalized spacial score (nSPS) is 11.6. The van der Waals surface area contributed by atoms with Gasteiger partial charge in [-0.05, 0) is 26.8 Å². The minimum absolute atomic E-state index is 0.0631. The number of halogens is 1. The average molecular weight is 231 g/mol. The van der Waals surface area contributed by atoms with Gasteiger partial charge in [-0.2, -0.15) is 0 Å². The van der Waals surface area contributed by atoms with Crippen LogP contribution in [0.15, 0.2) is 6.07 Å². The number of ether oxygens (including phenoxy) is 1. The Balaban J connectivity index is 3.51. The van der Waals surface area contributed by atoms with Crippen molar-refractivity contribution in [3.8, 4) is 11.5 Å². The smallest absolute Gasteiger partial charge is 0.165 e. The lowest BCUT2D eigenvalue weighted by atomic mass is 9.95. The molecule has 15 heavy (non-hydrogen) atoms. The van der Waals surface area contributed by atoms with E-state index < -0.39 is 5.60 Å². The number of hydrogen-bond acceptors (Lipinski definition) is 3. The first-order valence-corrected chi connectivity index (χ1v) is 4.95. The van der Waals surface area contributed by atoms with E-state index in [4.69, 9.17) is 16.3 Å². The van der Waals surface area contributed by atoms with Gasteiger partial charge in [0.05, 0.1) is 12.7 Å². The molecule has 0 atom stereocenters. The van der Waals surface area contributed by atoms with Crippen molar-refractivity contribution in [3.05, 3.63) is 22.2 Å². The van der Waals surface area contributed by atoms with Gasteiger partial charge in [0, 0.05) is 16.1 Å². The first kappa shape index (κ1) is 12.1. The Kier molecular flexibility index (Phi) is 3.16. The van der Waals surface area contributed by atoms with Crippen LogP contribution >= 0.6 is 11.6 Å². The zero-order valence-electron chi connectivity index (χ0n) is 9.26. The lowest BCUT2D eigenvalue weighted by Gasteiger charge is -2.22. The highest BCUT2D eigenvalue weighted by molar-refractivity contribution is 6.31. The number of methoxy groups -OCH3 is 1. The summed E-state index contributed by atoms with van der Waals surface area (Å²) in [5.74, 6) is 0.242. The molecule has 1 aromatic rings. The molecule has 1 aromatic carbocycles. The fourth-order valence-electron chi connectivity index (χ4n) is 1.43. The molecule has 0 aliphatic heterocycles. The van der Waals surface area contributed by atoms with Crippen LogP contribution in [-0.2, 0) is 5.60 Å². The van der Waals surface area contributed by atoms with Gasteiger partial charge in [-0.1, -0.05) is 11.6 Å². The highest BCUT2D eigenvalue weighted by atomic mass is 35.5. The summed E-state index contributed by atoms with van der Waals surface area (Å²) < 4.78 is 5.05. The third-order valence-corrected chi connectivity index (χ3v) is 2.70. The second-order valence-corrected chi connectivity index (χ2v) is 4.38. The number of phenols is 1. The average Bonchev–Trinajstić information content (AvgIpc) is 2.10. The van der Waals surface area contributed by atoms with Gasteiger partial charge in [-0.15, -0.1) is 0 Å². The number of benzene rings is 1. The summed E-state index contributed by atoms with van der Waals surface area (Å²) in [6.07, 6.45) is 0. The van der Waals surface area contributed by atoms with E-state index in [9.17, 15) is 10.2 Å². The van der Waals surface area contributed by atoms with Crippen molar-refractivity contribution in [1.29, 1.82) is 0 Å². The Bertz CT molecular complexity index is 380. The number of phenolic OH excluding ortho intramolecular Hbond substituents is 1. The highest BCUT2D eigenvalue weighted by Crippen LogP contribution is 2.42. The molecule has 1 rings (SSSR count). The Morgan fingerprint density at radius 1 is 1.40 bits per heavy atom. The van der Waals surface area contributed by atoms with Crippen LogP contribution in [0.5, 0.6) is 11.5 Å². The fourth-order valence-corrected chi connectivity index (χ4v) is 1.62. The van der Waals surface area contributed by atoms with E-state index in [0.29, 0.717) is 21.9 Å².